The topological polar surface area (TPSA) is 90.9 Å². The maximum absolute atomic E-state index is 12.0. The number of ether oxygens (including phenoxy) is 1. The van der Waals surface area contributed by atoms with Crippen LogP contribution in [-0.2, 0) is 4.74 Å². The lowest BCUT2D eigenvalue weighted by atomic mass is 10.0. The molecule has 0 aliphatic carbocycles. The third-order valence-electron chi connectivity index (χ3n) is 4.46. The van der Waals surface area contributed by atoms with Crippen LogP contribution >= 0.6 is 0 Å². The fourth-order valence-corrected chi connectivity index (χ4v) is 2.84. The number of aromatic nitrogens is 1. The fraction of sp³-hybridized carbons (Fsp3) is 0.632. The molecule has 150 valence electrons. The van der Waals surface area contributed by atoms with Crippen LogP contribution in [0, 0.1) is 0 Å². The Balaban J connectivity index is 1.78. The molecule has 1 fully saturated rings. The summed E-state index contributed by atoms with van der Waals surface area (Å²) in [4.78, 5) is 23.1. The van der Waals surface area contributed by atoms with Gasteiger partial charge in [-0.3, -0.25) is 19.7 Å². The Hall–Kier alpha value is -2.19. The van der Waals surface area contributed by atoms with Gasteiger partial charge in [-0.15, -0.1) is 0 Å². The fourth-order valence-electron chi connectivity index (χ4n) is 2.84. The van der Waals surface area contributed by atoms with E-state index in [4.69, 9.17) is 9.73 Å². The molecule has 0 spiro atoms. The molecule has 27 heavy (non-hydrogen) atoms. The maximum atomic E-state index is 12.0. The van der Waals surface area contributed by atoms with E-state index in [9.17, 15) is 4.79 Å². The Bertz CT molecular complexity index is 599. The van der Waals surface area contributed by atoms with E-state index in [2.05, 4.69) is 39.7 Å². The molecule has 1 aromatic heterocycles. The Kier molecular flexibility index (Phi) is 8.47. The van der Waals surface area contributed by atoms with Crippen molar-refractivity contribution >= 4 is 11.9 Å². The molecule has 2 heterocycles. The minimum atomic E-state index is -0.125. The third kappa shape index (κ3) is 7.15. The number of nitrogens with zero attached hydrogens (tertiary/aromatic N) is 3. The third-order valence-corrected chi connectivity index (χ3v) is 4.46. The Morgan fingerprint density at radius 3 is 2.67 bits per heavy atom. The summed E-state index contributed by atoms with van der Waals surface area (Å²) in [5, 5.41) is 9.39. The summed E-state index contributed by atoms with van der Waals surface area (Å²) in [5.74, 6) is 0.634. The molecule has 1 saturated heterocycles. The molecule has 8 nitrogen and oxygen atoms in total. The zero-order valence-electron chi connectivity index (χ0n) is 16.6. The highest BCUT2D eigenvalue weighted by Crippen LogP contribution is 2.16. The van der Waals surface area contributed by atoms with Crippen LogP contribution in [0.5, 0.6) is 0 Å². The highest BCUT2D eigenvalue weighted by Gasteiger charge is 2.28. The van der Waals surface area contributed by atoms with Crippen LogP contribution in [0.15, 0.2) is 29.5 Å². The zero-order valence-corrected chi connectivity index (χ0v) is 16.6. The first kappa shape index (κ1) is 21.1. The van der Waals surface area contributed by atoms with Crippen LogP contribution in [-0.4, -0.2) is 79.8 Å². The van der Waals surface area contributed by atoms with Crippen molar-refractivity contribution in [3.63, 3.8) is 0 Å². The highest BCUT2D eigenvalue weighted by atomic mass is 16.5. The van der Waals surface area contributed by atoms with Crippen molar-refractivity contribution in [2.75, 3.05) is 52.5 Å². The van der Waals surface area contributed by atoms with Gasteiger partial charge in [-0.05, 0) is 32.9 Å². The Morgan fingerprint density at radius 2 is 2.00 bits per heavy atom. The number of guanidine groups is 1. The number of hydrogen-bond donors (Lipinski definition) is 3. The molecule has 0 saturated carbocycles. The quantitative estimate of drug-likeness (QED) is 0.347. The van der Waals surface area contributed by atoms with Gasteiger partial charge in [-0.25, -0.2) is 0 Å². The van der Waals surface area contributed by atoms with Gasteiger partial charge in [0.15, 0.2) is 5.96 Å². The summed E-state index contributed by atoms with van der Waals surface area (Å²) in [7, 11) is 0. The monoisotopic (exact) mass is 376 g/mol. The van der Waals surface area contributed by atoms with E-state index in [1.807, 2.05) is 6.92 Å². The van der Waals surface area contributed by atoms with E-state index >= 15 is 0 Å². The lowest BCUT2D eigenvalue weighted by Gasteiger charge is -2.39. The highest BCUT2D eigenvalue weighted by molar-refractivity contribution is 5.93. The molecule has 1 aliphatic heterocycles. The summed E-state index contributed by atoms with van der Waals surface area (Å²) < 4.78 is 5.44. The smallest absolute Gasteiger partial charge is 0.252 e. The van der Waals surface area contributed by atoms with Gasteiger partial charge in [-0.1, -0.05) is 0 Å². The number of hydrogen-bond acceptors (Lipinski definition) is 5. The van der Waals surface area contributed by atoms with Gasteiger partial charge >= 0.3 is 0 Å². The van der Waals surface area contributed by atoms with Crippen LogP contribution in [0.4, 0.5) is 0 Å². The number of pyridine rings is 1. The number of nitrogens with one attached hydrogen (secondary N) is 3. The molecular formula is C19H32N6O2. The minimum Gasteiger partial charge on any atom is -0.379 e. The van der Waals surface area contributed by atoms with Crippen molar-refractivity contribution < 1.29 is 9.53 Å². The number of morpholine rings is 1. The predicted octanol–water partition coefficient (Wildman–Crippen LogP) is 0.477. The average molecular weight is 377 g/mol. The first-order valence-corrected chi connectivity index (χ1v) is 9.56. The minimum absolute atomic E-state index is 0.0271. The first-order valence-electron chi connectivity index (χ1n) is 9.56. The van der Waals surface area contributed by atoms with E-state index in [1.54, 1.807) is 24.5 Å². The van der Waals surface area contributed by atoms with Crippen molar-refractivity contribution in [3.05, 3.63) is 30.1 Å². The van der Waals surface area contributed by atoms with Gasteiger partial charge in [0.05, 0.1) is 25.3 Å². The van der Waals surface area contributed by atoms with E-state index in [-0.39, 0.29) is 11.4 Å². The van der Waals surface area contributed by atoms with Crippen molar-refractivity contribution in [2.24, 2.45) is 4.99 Å². The van der Waals surface area contributed by atoms with Crippen LogP contribution in [0.3, 0.4) is 0 Å². The van der Waals surface area contributed by atoms with Gasteiger partial charge < -0.3 is 20.7 Å². The second kappa shape index (κ2) is 10.8. The van der Waals surface area contributed by atoms with Gasteiger partial charge in [0, 0.05) is 50.7 Å². The summed E-state index contributed by atoms with van der Waals surface area (Å²) in [6, 6.07) is 3.49. The number of rotatable bonds is 8. The van der Waals surface area contributed by atoms with Crippen LogP contribution < -0.4 is 16.0 Å². The largest absolute Gasteiger partial charge is 0.379 e. The molecule has 0 bridgehead atoms. The van der Waals surface area contributed by atoms with Crippen molar-refractivity contribution in [2.45, 2.75) is 26.3 Å². The van der Waals surface area contributed by atoms with E-state index in [1.165, 1.54) is 0 Å². The van der Waals surface area contributed by atoms with Crippen molar-refractivity contribution in [1.29, 1.82) is 0 Å². The molecule has 1 amide bonds. The predicted molar refractivity (Wildman–Crippen MR) is 107 cm³/mol. The Labute approximate surface area is 161 Å². The van der Waals surface area contributed by atoms with Gasteiger partial charge in [0.2, 0.25) is 0 Å². The molecular weight excluding hydrogens is 344 g/mol. The van der Waals surface area contributed by atoms with E-state index in [0.29, 0.717) is 25.2 Å². The number of carbonyl (C=O) groups is 1. The molecule has 3 N–H and O–H groups in total. The van der Waals surface area contributed by atoms with E-state index < -0.39 is 0 Å². The van der Waals surface area contributed by atoms with Crippen molar-refractivity contribution in [3.8, 4) is 0 Å². The summed E-state index contributed by atoms with van der Waals surface area (Å²) in [6.45, 7) is 12.5. The molecule has 0 unspecified atom stereocenters. The SMILES string of the molecule is CCNC(=NCC(C)(C)N1CCOCC1)NCCNC(=O)c1cccnc1. The van der Waals surface area contributed by atoms with Crippen LogP contribution in [0.1, 0.15) is 31.1 Å². The van der Waals surface area contributed by atoms with Crippen molar-refractivity contribution in [1.82, 2.24) is 25.8 Å². The molecule has 0 radical (unpaired) electrons. The molecule has 0 atom stereocenters. The molecule has 0 aromatic carbocycles. The van der Waals surface area contributed by atoms with Gasteiger partial charge in [-0.2, -0.15) is 0 Å². The molecule has 2 rings (SSSR count). The lowest BCUT2D eigenvalue weighted by molar-refractivity contribution is -0.00683. The lowest BCUT2D eigenvalue weighted by Crippen LogP contribution is -2.52. The van der Waals surface area contributed by atoms with Gasteiger partial charge in [0.1, 0.15) is 0 Å². The van der Waals surface area contributed by atoms with E-state index in [0.717, 1.165) is 38.8 Å². The van der Waals surface area contributed by atoms with Crippen LogP contribution in [0.2, 0.25) is 0 Å². The summed E-state index contributed by atoms with van der Waals surface area (Å²) in [6.07, 6.45) is 3.21. The number of aliphatic imine (C=N–C) groups is 1. The maximum Gasteiger partial charge on any atom is 0.252 e. The first-order chi connectivity index (χ1) is 13.0. The molecule has 8 heteroatoms. The summed E-state index contributed by atoms with van der Waals surface area (Å²) in [5.41, 5.74) is 0.533. The van der Waals surface area contributed by atoms with Crippen LogP contribution in [0.25, 0.3) is 0 Å². The molecule has 1 aliphatic rings. The standard InChI is InChI=1S/C19H32N6O2/c1-4-21-18(24-15-19(2,3)25-10-12-27-13-11-25)23-9-8-22-17(26)16-6-5-7-20-14-16/h5-7,14H,4,8-13,15H2,1-3H3,(H,22,26)(H2,21,23,24). The second-order valence-corrected chi connectivity index (χ2v) is 7.03. The van der Waals surface area contributed by atoms with Gasteiger partial charge in [0.25, 0.3) is 5.91 Å². The second-order valence-electron chi connectivity index (χ2n) is 7.03. The normalized spacial score (nSPS) is 16.0. The number of amides is 1. The molecule has 1 aromatic rings. The zero-order chi connectivity index (χ0) is 19.5. The average Bonchev–Trinajstić information content (AvgIpc) is 2.70. The number of carbonyl (C=O) groups excluding carboxylic acids is 1. The summed E-state index contributed by atoms with van der Waals surface area (Å²) >= 11 is 0. The Morgan fingerprint density at radius 1 is 1.26 bits per heavy atom.